The first-order valence-electron chi connectivity index (χ1n) is 26.7. The number of esters is 2. The highest BCUT2D eigenvalue weighted by Crippen LogP contribution is 2.24. The summed E-state index contributed by atoms with van der Waals surface area (Å²) in [4.78, 5) is 25.5. The molecule has 1 heterocycles. The summed E-state index contributed by atoms with van der Waals surface area (Å²) < 4.78 is 54.2. The second kappa shape index (κ2) is 43.6. The van der Waals surface area contributed by atoms with Crippen LogP contribution < -0.4 is 0 Å². The van der Waals surface area contributed by atoms with Gasteiger partial charge in [0.05, 0.1) is 6.61 Å². The summed E-state index contributed by atoms with van der Waals surface area (Å²) in [5.41, 5.74) is 0. The van der Waals surface area contributed by atoms with Crippen LogP contribution in [0.2, 0.25) is 0 Å². The van der Waals surface area contributed by atoms with E-state index >= 15 is 0 Å². The Morgan fingerprint density at radius 2 is 0.910 bits per heavy atom. The molecule has 0 aromatic heterocycles. The van der Waals surface area contributed by atoms with Crippen molar-refractivity contribution in [1.82, 2.24) is 0 Å². The van der Waals surface area contributed by atoms with E-state index in [1.807, 2.05) is 12.2 Å². The highest BCUT2D eigenvalue weighted by molar-refractivity contribution is 7.85. The van der Waals surface area contributed by atoms with Gasteiger partial charge in [0.2, 0.25) is 0 Å². The number of hydrogen-bond donors (Lipinski definition) is 4. The van der Waals surface area contributed by atoms with Gasteiger partial charge in [0, 0.05) is 12.8 Å². The van der Waals surface area contributed by atoms with Gasteiger partial charge in [-0.3, -0.25) is 14.1 Å². The van der Waals surface area contributed by atoms with E-state index in [1.165, 1.54) is 135 Å². The first-order valence-corrected chi connectivity index (χ1v) is 28.3. The quantitative estimate of drug-likeness (QED) is 0.0196. The molecule has 1 rings (SSSR count). The van der Waals surface area contributed by atoms with Crippen molar-refractivity contribution in [1.29, 1.82) is 0 Å². The maximum atomic E-state index is 12.9. The fourth-order valence-corrected chi connectivity index (χ4v) is 8.71. The van der Waals surface area contributed by atoms with Crippen molar-refractivity contribution in [3.8, 4) is 0 Å². The van der Waals surface area contributed by atoms with Crippen molar-refractivity contribution < 1.29 is 56.8 Å². The summed E-state index contributed by atoms with van der Waals surface area (Å²) in [6.45, 7) is 3.75. The summed E-state index contributed by atoms with van der Waals surface area (Å²) in [6, 6.07) is 0. The fraction of sp³-hybridized carbons (Fsp3) is 0.815. The molecular formula is C54H96O12S. The summed E-state index contributed by atoms with van der Waals surface area (Å²) >= 11 is 0. The number of aliphatic hydroxyl groups is 3. The van der Waals surface area contributed by atoms with E-state index in [0.717, 1.165) is 44.9 Å². The monoisotopic (exact) mass is 969 g/mol. The van der Waals surface area contributed by atoms with E-state index in [0.29, 0.717) is 19.3 Å². The lowest BCUT2D eigenvalue weighted by Crippen LogP contribution is -2.60. The first kappa shape index (κ1) is 62.6. The average molecular weight is 969 g/mol. The number of allylic oxidation sites excluding steroid dienone is 8. The Bertz CT molecular complexity index is 1410. The van der Waals surface area contributed by atoms with Crippen LogP contribution in [0.3, 0.4) is 0 Å². The topological polar surface area (TPSA) is 186 Å². The Kier molecular flexibility index (Phi) is 40.8. The predicted octanol–water partition coefficient (Wildman–Crippen LogP) is 12.3. The van der Waals surface area contributed by atoms with Gasteiger partial charge in [-0.1, -0.05) is 210 Å². The number of carbonyl (C=O) groups is 2. The summed E-state index contributed by atoms with van der Waals surface area (Å²) in [5.74, 6) is -2.05. The lowest BCUT2D eigenvalue weighted by Gasteiger charge is -2.40. The van der Waals surface area contributed by atoms with Crippen molar-refractivity contribution in [3.05, 3.63) is 48.6 Å². The second-order valence-electron chi connectivity index (χ2n) is 18.5. The molecule has 13 heteroatoms. The minimum atomic E-state index is -4.61. The molecule has 12 nitrogen and oxygen atoms in total. The SMILES string of the molecule is CCCCCCCCC/C=C/C/C=C/C/C=C/C/C=C/CCCC(=O)O[C@H](COC(=O)CCCCCCCCCCCCCCCCCCCC)CO[C@H]1O[C@H](CS(=O)(=O)O)[C@@H](O)C(O)C1O. The molecule has 0 aliphatic carbocycles. The minimum Gasteiger partial charge on any atom is -0.462 e. The highest BCUT2D eigenvalue weighted by atomic mass is 32.2. The van der Waals surface area contributed by atoms with E-state index < -0.39 is 71.2 Å². The van der Waals surface area contributed by atoms with Gasteiger partial charge in [-0.25, -0.2) is 0 Å². The van der Waals surface area contributed by atoms with Crippen LogP contribution in [0.1, 0.15) is 226 Å². The van der Waals surface area contributed by atoms with E-state index in [-0.39, 0.29) is 19.4 Å². The van der Waals surface area contributed by atoms with Gasteiger partial charge in [0.25, 0.3) is 10.1 Å². The van der Waals surface area contributed by atoms with Gasteiger partial charge in [-0.05, 0) is 51.4 Å². The van der Waals surface area contributed by atoms with Gasteiger partial charge >= 0.3 is 11.9 Å². The predicted molar refractivity (Wildman–Crippen MR) is 270 cm³/mol. The van der Waals surface area contributed by atoms with Crippen molar-refractivity contribution in [2.75, 3.05) is 19.0 Å². The normalized spacial score (nSPS) is 19.6. The van der Waals surface area contributed by atoms with Crippen LogP contribution in [0.4, 0.5) is 0 Å². The standard InChI is InChI=1S/C54H96O12S/c1-3-5-7-9-11-13-15-17-19-21-23-24-25-27-29-31-33-35-37-39-41-43-50(56)65-47(45-64-54-53(59)52(58)51(57)48(66-54)46-67(60,61)62)44-63-49(55)42-40-38-36-34-32-30-28-26-22-20-18-16-14-12-10-8-6-4-2/h19,21,24-25,29,31,35,37,47-48,51-54,57-59H,3-18,20,22-23,26-28,30,32-34,36,38-46H2,1-2H3,(H,60,61,62)/b21-19+,25-24+,31-29+,37-35+/t47-,48-,51-,52?,53?,54+/m1/s1. The van der Waals surface area contributed by atoms with Crippen LogP contribution in [0.5, 0.6) is 0 Å². The smallest absolute Gasteiger partial charge is 0.306 e. The number of carbonyl (C=O) groups excluding carboxylic acids is 2. The molecule has 0 amide bonds. The number of aliphatic hydroxyl groups excluding tert-OH is 3. The zero-order valence-corrected chi connectivity index (χ0v) is 42.8. The van der Waals surface area contributed by atoms with E-state index in [2.05, 4.69) is 50.3 Å². The van der Waals surface area contributed by atoms with Gasteiger partial charge in [0.15, 0.2) is 12.4 Å². The van der Waals surface area contributed by atoms with Crippen molar-refractivity contribution in [2.24, 2.45) is 0 Å². The molecule has 0 spiro atoms. The molecule has 0 bridgehead atoms. The molecule has 2 unspecified atom stereocenters. The second-order valence-corrected chi connectivity index (χ2v) is 20.0. The van der Waals surface area contributed by atoms with Gasteiger partial charge < -0.3 is 34.3 Å². The molecule has 1 saturated heterocycles. The lowest BCUT2D eigenvalue weighted by atomic mass is 10.00. The molecule has 4 N–H and O–H groups in total. The van der Waals surface area contributed by atoms with Crippen molar-refractivity contribution in [2.45, 2.75) is 263 Å². The van der Waals surface area contributed by atoms with Crippen LogP contribution in [0.25, 0.3) is 0 Å². The van der Waals surface area contributed by atoms with E-state index in [1.54, 1.807) is 0 Å². The fourth-order valence-electron chi connectivity index (χ4n) is 8.02. The molecule has 67 heavy (non-hydrogen) atoms. The molecule has 1 aliphatic heterocycles. The Hall–Kier alpha value is -2.39. The van der Waals surface area contributed by atoms with Crippen molar-refractivity contribution >= 4 is 22.1 Å². The molecule has 0 aromatic carbocycles. The third-order valence-corrected chi connectivity index (χ3v) is 12.9. The van der Waals surface area contributed by atoms with Crippen LogP contribution >= 0.6 is 0 Å². The van der Waals surface area contributed by atoms with Gasteiger partial charge in [0.1, 0.15) is 36.8 Å². The minimum absolute atomic E-state index is 0.0894. The molecule has 0 aromatic rings. The number of hydrogen-bond acceptors (Lipinski definition) is 11. The zero-order chi connectivity index (χ0) is 49.1. The molecule has 390 valence electrons. The first-order chi connectivity index (χ1) is 32.5. The summed E-state index contributed by atoms with van der Waals surface area (Å²) in [6.07, 6.45) is 44.4. The molecule has 1 fully saturated rings. The third kappa shape index (κ3) is 38.1. The summed E-state index contributed by atoms with van der Waals surface area (Å²) in [7, 11) is -4.61. The number of ether oxygens (including phenoxy) is 4. The number of unbranched alkanes of at least 4 members (excludes halogenated alkanes) is 25. The van der Waals surface area contributed by atoms with E-state index in [4.69, 9.17) is 18.9 Å². The largest absolute Gasteiger partial charge is 0.462 e. The van der Waals surface area contributed by atoms with Crippen LogP contribution in [-0.2, 0) is 38.7 Å². The third-order valence-electron chi connectivity index (χ3n) is 12.2. The maximum Gasteiger partial charge on any atom is 0.306 e. The molecular weight excluding hydrogens is 873 g/mol. The zero-order valence-electron chi connectivity index (χ0n) is 42.0. The Labute approximate surface area is 407 Å². The number of rotatable bonds is 45. The molecule has 0 saturated carbocycles. The maximum absolute atomic E-state index is 12.9. The van der Waals surface area contributed by atoms with Crippen molar-refractivity contribution in [3.63, 3.8) is 0 Å². The molecule has 1 aliphatic rings. The summed E-state index contributed by atoms with van der Waals surface area (Å²) in [5, 5.41) is 31.0. The van der Waals surface area contributed by atoms with E-state index in [9.17, 15) is 37.9 Å². The molecule has 0 radical (unpaired) electrons. The van der Waals surface area contributed by atoms with Crippen LogP contribution in [0, 0.1) is 0 Å². The average Bonchev–Trinajstić information content (AvgIpc) is 3.30. The Balaban J connectivity index is 2.41. The highest BCUT2D eigenvalue weighted by Gasteiger charge is 2.46. The van der Waals surface area contributed by atoms with Gasteiger partial charge in [-0.2, -0.15) is 8.42 Å². The Morgan fingerprint density at radius 1 is 0.507 bits per heavy atom. The lowest BCUT2D eigenvalue weighted by molar-refractivity contribution is -0.297. The molecule has 6 atom stereocenters. The van der Waals surface area contributed by atoms with Crippen LogP contribution in [-0.4, -0.2) is 96.0 Å². The Morgan fingerprint density at radius 3 is 1.37 bits per heavy atom. The van der Waals surface area contributed by atoms with Gasteiger partial charge in [-0.15, -0.1) is 0 Å². The van der Waals surface area contributed by atoms with Crippen LogP contribution in [0.15, 0.2) is 48.6 Å².